The van der Waals surface area contributed by atoms with Crippen molar-refractivity contribution in [3.8, 4) is 0 Å². The normalized spacial score (nSPS) is 22.1. The summed E-state index contributed by atoms with van der Waals surface area (Å²) in [7, 11) is -1.02. The Bertz CT molecular complexity index is 312. The summed E-state index contributed by atoms with van der Waals surface area (Å²) in [6.45, 7) is 10.1. The van der Waals surface area contributed by atoms with Gasteiger partial charge in [0.2, 0.25) is 0 Å². The van der Waals surface area contributed by atoms with Crippen LogP contribution in [0.15, 0.2) is 10.1 Å². The van der Waals surface area contributed by atoms with E-state index in [1.807, 2.05) is 6.92 Å². The van der Waals surface area contributed by atoms with Crippen LogP contribution < -0.4 is 0 Å². The molecule has 1 aliphatic rings. The molecule has 0 aromatic heterocycles. The highest BCUT2D eigenvalue weighted by Crippen LogP contribution is 2.35. The fourth-order valence-electron chi connectivity index (χ4n) is 2.04. The van der Waals surface area contributed by atoms with Gasteiger partial charge >= 0.3 is 0 Å². The molecule has 0 aromatic carbocycles. The topological polar surface area (TPSA) is 38.7 Å². The van der Waals surface area contributed by atoms with E-state index in [0.717, 1.165) is 42.0 Å². The molecule has 0 bridgehead atoms. The first-order valence-corrected chi connectivity index (χ1v) is 11.6. The molecular weight excluding hydrogens is 324 g/mol. The number of rotatable bonds is 8. The molecule has 0 heterocycles. The summed E-state index contributed by atoms with van der Waals surface area (Å²) >= 11 is 3.56. The van der Waals surface area contributed by atoms with E-state index in [-0.39, 0.29) is 12.2 Å². The van der Waals surface area contributed by atoms with Crippen LogP contribution in [-0.2, 0) is 9.47 Å². The van der Waals surface area contributed by atoms with Crippen molar-refractivity contribution in [3.05, 3.63) is 10.1 Å². The number of halogens is 1. The minimum atomic E-state index is -1.02. The maximum Gasteiger partial charge on any atom is 0.147 e. The molecule has 112 valence electrons. The number of hydrogen-bond donors (Lipinski definition) is 1. The second kappa shape index (κ2) is 7.93. The number of hydrogen-bond acceptors (Lipinski definition) is 3. The van der Waals surface area contributed by atoms with Crippen LogP contribution in [0, 0.1) is 0 Å². The highest BCUT2D eigenvalue weighted by atomic mass is 79.9. The van der Waals surface area contributed by atoms with Crippen LogP contribution in [0.3, 0.4) is 0 Å². The van der Waals surface area contributed by atoms with Crippen molar-refractivity contribution in [3.63, 3.8) is 0 Å². The molecule has 0 aliphatic heterocycles. The highest BCUT2D eigenvalue weighted by molar-refractivity contribution is 9.11. The second-order valence-electron chi connectivity index (χ2n) is 6.33. The van der Waals surface area contributed by atoms with Crippen LogP contribution in [-0.4, -0.2) is 38.8 Å². The van der Waals surface area contributed by atoms with E-state index >= 15 is 0 Å². The van der Waals surface area contributed by atoms with Crippen LogP contribution in [0.2, 0.25) is 25.7 Å². The molecule has 0 amide bonds. The maximum atomic E-state index is 9.87. The molecule has 2 atom stereocenters. The zero-order valence-electron chi connectivity index (χ0n) is 12.5. The summed E-state index contributed by atoms with van der Waals surface area (Å²) in [5.74, 6) is 0. The van der Waals surface area contributed by atoms with Gasteiger partial charge in [0.25, 0.3) is 0 Å². The molecule has 0 radical (unpaired) electrons. The summed E-state index contributed by atoms with van der Waals surface area (Å²) in [6, 6.07) is 1.16. The predicted octanol–water partition coefficient (Wildman–Crippen LogP) is 3.90. The summed E-state index contributed by atoms with van der Waals surface area (Å²) in [4.78, 5) is 0. The standard InChI is InChI=1S/C14H27BrO3Si/c1-5-12(16)11-6-7-13(14(11)15)18-10-17-8-9-19(2,3)4/h12-13,16H,5-10H2,1-4H3. The molecule has 0 saturated heterocycles. The summed E-state index contributed by atoms with van der Waals surface area (Å²) in [5.41, 5.74) is 1.09. The number of aliphatic hydroxyl groups is 1. The fraction of sp³-hybridized carbons (Fsp3) is 0.857. The van der Waals surface area contributed by atoms with E-state index < -0.39 is 8.07 Å². The summed E-state index contributed by atoms with van der Waals surface area (Å²) < 4.78 is 12.3. The first-order chi connectivity index (χ1) is 8.85. The van der Waals surface area contributed by atoms with Crippen molar-refractivity contribution in [2.45, 2.75) is 64.1 Å². The Hall–Kier alpha value is 0.317. The Morgan fingerprint density at radius 1 is 1.42 bits per heavy atom. The lowest BCUT2D eigenvalue weighted by atomic mass is 10.1. The molecule has 1 rings (SSSR count). The Kier molecular flexibility index (Phi) is 7.25. The van der Waals surface area contributed by atoms with Crippen LogP contribution in [0.5, 0.6) is 0 Å². The van der Waals surface area contributed by atoms with E-state index in [1.165, 1.54) is 0 Å². The van der Waals surface area contributed by atoms with Gasteiger partial charge in [0.05, 0.1) is 12.2 Å². The zero-order chi connectivity index (χ0) is 14.5. The van der Waals surface area contributed by atoms with Gasteiger partial charge in [0.15, 0.2) is 0 Å². The van der Waals surface area contributed by atoms with Crippen LogP contribution in [0.25, 0.3) is 0 Å². The summed E-state index contributed by atoms with van der Waals surface area (Å²) in [5, 5.41) is 9.87. The van der Waals surface area contributed by atoms with Gasteiger partial charge < -0.3 is 14.6 Å². The molecule has 1 aliphatic carbocycles. The smallest absolute Gasteiger partial charge is 0.147 e. The van der Waals surface area contributed by atoms with Crippen LogP contribution in [0.4, 0.5) is 0 Å². The molecular formula is C14H27BrO3Si. The molecule has 0 saturated carbocycles. The van der Waals surface area contributed by atoms with Gasteiger partial charge in [-0.25, -0.2) is 0 Å². The monoisotopic (exact) mass is 350 g/mol. The third-order valence-corrected chi connectivity index (χ3v) is 6.13. The molecule has 0 aromatic rings. The average molecular weight is 351 g/mol. The van der Waals surface area contributed by atoms with Crippen LogP contribution >= 0.6 is 15.9 Å². The van der Waals surface area contributed by atoms with Gasteiger partial charge in [-0.3, -0.25) is 0 Å². The lowest BCUT2D eigenvalue weighted by molar-refractivity contribution is -0.0720. The second-order valence-corrected chi connectivity index (χ2v) is 12.8. The van der Waals surface area contributed by atoms with Crippen molar-refractivity contribution in [1.29, 1.82) is 0 Å². The van der Waals surface area contributed by atoms with Gasteiger partial charge in [-0.05, 0) is 30.9 Å². The molecule has 0 spiro atoms. The molecule has 19 heavy (non-hydrogen) atoms. The van der Waals surface area contributed by atoms with E-state index in [1.54, 1.807) is 0 Å². The minimum absolute atomic E-state index is 0.0584. The minimum Gasteiger partial charge on any atom is -0.389 e. The highest BCUT2D eigenvalue weighted by Gasteiger charge is 2.27. The molecule has 5 heteroatoms. The number of aliphatic hydroxyl groups excluding tert-OH is 1. The SMILES string of the molecule is CCC(O)C1=C(Br)C(OCOCC[Si](C)(C)C)CC1. The maximum absolute atomic E-state index is 9.87. The Morgan fingerprint density at radius 3 is 2.68 bits per heavy atom. The Labute approximate surface area is 126 Å². The third-order valence-electron chi connectivity index (χ3n) is 3.40. The van der Waals surface area contributed by atoms with Gasteiger partial charge in [0, 0.05) is 19.2 Å². The molecule has 3 nitrogen and oxygen atoms in total. The Morgan fingerprint density at radius 2 is 2.11 bits per heavy atom. The average Bonchev–Trinajstić information content (AvgIpc) is 2.68. The zero-order valence-corrected chi connectivity index (χ0v) is 15.1. The van der Waals surface area contributed by atoms with E-state index in [0.29, 0.717) is 6.79 Å². The van der Waals surface area contributed by atoms with Crippen molar-refractivity contribution >= 4 is 24.0 Å². The lowest BCUT2D eigenvalue weighted by Crippen LogP contribution is -2.22. The first-order valence-electron chi connectivity index (χ1n) is 7.11. The van der Waals surface area contributed by atoms with E-state index in [2.05, 4.69) is 35.6 Å². The van der Waals surface area contributed by atoms with Crippen LogP contribution in [0.1, 0.15) is 26.2 Å². The first kappa shape index (κ1) is 17.4. The van der Waals surface area contributed by atoms with Gasteiger partial charge in [-0.2, -0.15) is 0 Å². The molecule has 1 N–H and O–H groups in total. The number of ether oxygens (including phenoxy) is 2. The third kappa shape index (κ3) is 6.08. The van der Waals surface area contributed by atoms with E-state index in [4.69, 9.17) is 9.47 Å². The van der Waals surface area contributed by atoms with E-state index in [9.17, 15) is 5.11 Å². The fourth-order valence-corrected chi connectivity index (χ4v) is 3.62. The van der Waals surface area contributed by atoms with Crippen molar-refractivity contribution < 1.29 is 14.6 Å². The van der Waals surface area contributed by atoms with Crippen molar-refractivity contribution in [2.24, 2.45) is 0 Å². The van der Waals surface area contributed by atoms with Gasteiger partial charge in [-0.15, -0.1) is 0 Å². The van der Waals surface area contributed by atoms with Gasteiger partial charge in [-0.1, -0.05) is 42.5 Å². The van der Waals surface area contributed by atoms with Gasteiger partial charge in [0.1, 0.15) is 6.79 Å². The Balaban J connectivity index is 2.26. The molecule has 2 unspecified atom stereocenters. The quantitative estimate of drug-likeness (QED) is 0.410. The van der Waals surface area contributed by atoms with Crippen molar-refractivity contribution in [1.82, 2.24) is 0 Å². The summed E-state index contributed by atoms with van der Waals surface area (Å²) in [6.07, 6.45) is 2.32. The predicted molar refractivity (Wildman–Crippen MR) is 85.3 cm³/mol. The lowest BCUT2D eigenvalue weighted by Gasteiger charge is -2.17. The molecule has 0 fully saturated rings. The largest absolute Gasteiger partial charge is 0.389 e. The van der Waals surface area contributed by atoms with Crippen molar-refractivity contribution in [2.75, 3.05) is 13.4 Å².